The van der Waals surface area contributed by atoms with Gasteiger partial charge in [-0.25, -0.2) is 9.45 Å². The largest absolute Gasteiger partial charge is 0.416 e. The summed E-state index contributed by atoms with van der Waals surface area (Å²) in [5.74, 6) is -1.06. The predicted octanol–water partition coefficient (Wildman–Crippen LogP) is 4.89. The zero-order valence-electron chi connectivity index (χ0n) is 16.5. The van der Waals surface area contributed by atoms with E-state index in [9.17, 15) is 27.6 Å². The Hall–Kier alpha value is -2.52. The quantitative estimate of drug-likeness (QED) is 0.649. The van der Waals surface area contributed by atoms with Crippen molar-refractivity contribution in [2.45, 2.75) is 43.2 Å². The SMILES string of the molecule is Cc1c(F)cccc1C1(C(N)=O)CC2=C(C1)N(O)C(Cc1cccc(C(F)(F)F)c1)S2. The molecule has 31 heavy (non-hydrogen) atoms. The van der Waals surface area contributed by atoms with Gasteiger partial charge in [-0.1, -0.05) is 30.3 Å². The Bertz CT molecular complexity index is 1090. The minimum atomic E-state index is -4.44. The van der Waals surface area contributed by atoms with E-state index >= 15 is 0 Å². The van der Waals surface area contributed by atoms with Crippen molar-refractivity contribution >= 4 is 17.7 Å². The number of rotatable bonds is 4. The standard InChI is InChI=1S/C22H20F4N2O2S/c1-12-15(6-3-7-16(12)23)21(20(27)29)10-17-18(11-21)31-19(28(17)30)9-13-4-2-5-14(8-13)22(24,25)26/h2-8,19,30H,9-11H2,1H3,(H2,27,29). The molecule has 2 aromatic rings. The van der Waals surface area contributed by atoms with Gasteiger partial charge in [0.05, 0.1) is 16.7 Å². The van der Waals surface area contributed by atoms with E-state index in [2.05, 4.69) is 0 Å². The number of carbonyl (C=O) groups excluding carboxylic acids is 1. The number of nitrogens with zero attached hydrogens (tertiary/aromatic N) is 1. The van der Waals surface area contributed by atoms with Crippen molar-refractivity contribution in [1.29, 1.82) is 0 Å². The van der Waals surface area contributed by atoms with Crippen LogP contribution in [0, 0.1) is 12.7 Å². The third kappa shape index (κ3) is 3.70. The van der Waals surface area contributed by atoms with Gasteiger partial charge in [-0.3, -0.25) is 10.0 Å². The fourth-order valence-electron chi connectivity index (χ4n) is 4.36. The van der Waals surface area contributed by atoms with Crippen LogP contribution in [-0.4, -0.2) is 21.6 Å². The number of allylic oxidation sites excluding steroid dienone is 2. The van der Waals surface area contributed by atoms with Gasteiger partial charge in [0.25, 0.3) is 0 Å². The van der Waals surface area contributed by atoms with Gasteiger partial charge in [-0.2, -0.15) is 13.2 Å². The highest BCUT2D eigenvalue weighted by Gasteiger charge is 2.51. The van der Waals surface area contributed by atoms with Gasteiger partial charge in [0, 0.05) is 17.7 Å². The lowest BCUT2D eigenvalue weighted by Gasteiger charge is -2.32. The van der Waals surface area contributed by atoms with E-state index in [1.165, 1.54) is 30.0 Å². The fourth-order valence-corrected chi connectivity index (χ4v) is 5.82. The second-order valence-corrected chi connectivity index (χ2v) is 9.17. The maximum Gasteiger partial charge on any atom is 0.416 e. The van der Waals surface area contributed by atoms with Gasteiger partial charge in [0.1, 0.15) is 11.2 Å². The number of hydrogen-bond donors (Lipinski definition) is 2. The maximum absolute atomic E-state index is 14.1. The summed E-state index contributed by atoms with van der Waals surface area (Å²) in [4.78, 5) is 13.2. The molecule has 0 spiro atoms. The second kappa shape index (κ2) is 7.56. The number of carbonyl (C=O) groups is 1. The molecule has 9 heteroatoms. The van der Waals surface area contributed by atoms with Crippen molar-refractivity contribution in [1.82, 2.24) is 5.06 Å². The van der Waals surface area contributed by atoms with Crippen molar-refractivity contribution < 1.29 is 27.6 Å². The highest BCUT2D eigenvalue weighted by Crippen LogP contribution is 2.55. The zero-order valence-corrected chi connectivity index (χ0v) is 17.4. The predicted molar refractivity (Wildman–Crippen MR) is 108 cm³/mol. The lowest BCUT2D eigenvalue weighted by atomic mass is 9.75. The Morgan fingerprint density at radius 3 is 2.61 bits per heavy atom. The van der Waals surface area contributed by atoms with Crippen LogP contribution < -0.4 is 5.73 Å². The Morgan fingerprint density at radius 1 is 1.26 bits per heavy atom. The molecule has 2 unspecified atom stereocenters. The number of benzene rings is 2. The summed E-state index contributed by atoms with van der Waals surface area (Å²) in [6, 6.07) is 9.48. The van der Waals surface area contributed by atoms with E-state index < -0.39 is 34.3 Å². The third-order valence-electron chi connectivity index (χ3n) is 6.00. The van der Waals surface area contributed by atoms with Crippen molar-refractivity contribution in [2.24, 2.45) is 5.73 Å². The first kappa shape index (κ1) is 21.7. The van der Waals surface area contributed by atoms with Crippen LogP contribution in [-0.2, 0) is 22.8 Å². The molecule has 2 atom stereocenters. The topological polar surface area (TPSA) is 66.6 Å². The van der Waals surface area contributed by atoms with Gasteiger partial charge >= 0.3 is 6.18 Å². The van der Waals surface area contributed by atoms with Gasteiger partial charge < -0.3 is 5.73 Å². The molecule has 1 heterocycles. The molecule has 2 aromatic carbocycles. The Morgan fingerprint density at radius 2 is 1.97 bits per heavy atom. The summed E-state index contributed by atoms with van der Waals surface area (Å²) in [7, 11) is 0. The van der Waals surface area contributed by atoms with Crippen LogP contribution in [0.5, 0.6) is 0 Å². The molecule has 1 amide bonds. The lowest BCUT2D eigenvalue weighted by Crippen LogP contribution is -2.42. The minimum Gasteiger partial charge on any atom is -0.369 e. The van der Waals surface area contributed by atoms with E-state index in [1.54, 1.807) is 19.1 Å². The monoisotopic (exact) mass is 452 g/mol. The number of primary amides is 1. The van der Waals surface area contributed by atoms with E-state index in [0.717, 1.165) is 22.1 Å². The summed E-state index contributed by atoms with van der Waals surface area (Å²) >= 11 is 1.29. The number of thioether (sulfide) groups is 1. The third-order valence-corrected chi connectivity index (χ3v) is 7.30. The number of hydrogen-bond acceptors (Lipinski definition) is 4. The molecule has 4 rings (SSSR count). The van der Waals surface area contributed by atoms with Gasteiger partial charge in [-0.15, -0.1) is 11.8 Å². The zero-order chi connectivity index (χ0) is 22.6. The maximum atomic E-state index is 14.1. The number of alkyl halides is 3. The van der Waals surface area contributed by atoms with Crippen LogP contribution in [0.25, 0.3) is 0 Å². The number of nitrogens with two attached hydrogens (primary N) is 1. The first-order chi connectivity index (χ1) is 14.5. The molecular formula is C22H20F4N2O2S. The van der Waals surface area contributed by atoms with E-state index in [4.69, 9.17) is 5.73 Å². The van der Waals surface area contributed by atoms with Crippen molar-refractivity contribution in [3.63, 3.8) is 0 Å². The number of amides is 1. The second-order valence-electron chi connectivity index (χ2n) is 7.90. The molecule has 3 N–H and O–H groups in total. The lowest BCUT2D eigenvalue weighted by molar-refractivity contribution is -0.137. The summed E-state index contributed by atoms with van der Waals surface area (Å²) in [6.07, 6.45) is -3.95. The van der Waals surface area contributed by atoms with E-state index in [0.29, 0.717) is 22.4 Å². The smallest absolute Gasteiger partial charge is 0.369 e. The molecule has 2 aliphatic rings. The fraction of sp³-hybridized carbons (Fsp3) is 0.318. The molecular weight excluding hydrogens is 432 g/mol. The van der Waals surface area contributed by atoms with Crippen molar-refractivity contribution in [3.8, 4) is 0 Å². The van der Waals surface area contributed by atoms with Crippen LogP contribution in [0.3, 0.4) is 0 Å². The van der Waals surface area contributed by atoms with Crippen LogP contribution in [0.4, 0.5) is 17.6 Å². The number of halogens is 4. The molecule has 0 saturated heterocycles. The average Bonchev–Trinajstić information content (AvgIpc) is 3.21. The van der Waals surface area contributed by atoms with Crippen LogP contribution in [0.15, 0.2) is 53.1 Å². The van der Waals surface area contributed by atoms with E-state index in [1.807, 2.05) is 0 Å². The van der Waals surface area contributed by atoms with Crippen LogP contribution in [0.2, 0.25) is 0 Å². The highest BCUT2D eigenvalue weighted by molar-refractivity contribution is 8.03. The molecule has 1 aliphatic carbocycles. The molecule has 0 bridgehead atoms. The molecule has 4 nitrogen and oxygen atoms in total. The van der Waals surface area contributed by atoms with Gasteiger partial charge in [-0.05, 0) is 42.2 Å². The van der Waals surface area contributed by atoms with Gasteiger partial charge in [0.2, 0.25) is 5.91 Å². The summed E-state index contributed by atoms with van der Waals surface area (Å²) in [5, 5.41) is 11.2. The molecule has 0 aromatic heterocycles. The molecule has 164 valence electrons. The average molecular weight is 452 g/mol. The summed E-state index contributed by atoms with van der Waals surface area (Å²) in [6.45, 7) is 1.58. The van der Waals surface area contributed by atoms with E-state index in [-0.39, 0.29) is 19.3 Å². The number of hydroxylamine groups is 2. The Labute approximate surface area is 180 Å². The normalized spacial score (nSPS) is 23.4. The van der Waals surface area contributed by atoms with Gasteiger partial charge in [0.15, 0.2) is 0 Å². The Balaban J connectivity index is 1.56. The molecule has 0 fully saturated rings. The summed E-state index contributed by atoms with van der Waals surface area (Å²) < 4.78 is 53.1. The minimum absolute atomic E-state index is 0.102. The summed E-state index contributed by atoms with van der Waals surface area (Å²) in [5.41, 5.74) is 5.58. The molecule has 0 radical (unpaired) electrons. The first-order valence-corrected chi connectivity index (χ1v) is 10.5. The van der Waals surface area contributed by atoms with Crippen LogP contribution in [0.1, 0.15) is 35.1 Å². The van der Waals surface area contributed by atoms with Crippen LogP contribution >= 0.6 is 11.8 Å². The highest BCUT2D eigenvalue weighted by atomic mass is 32.2. The van der Waals surface area contributed by atoms with Crippen molar-refractivity contribution in [2.75, 3.05) is 0 Å². The molecule has 1 aliphatic heterocycles. The Kier molecular flexibility index (Phi) is 5.29. The first-order valence-electron chi connectivity index (χ1n) is 9.61. The molecule has 0 saturated carbocycles. The van der Waals surface area contributed by atoms with Crippen molar-refractivity contribution in [3.05, 3.63) is 81.1 Å².